The topological polar surface area (TPSA) is 63.7 Å². The van der Waals surface area contributed by atoms with E-state index in [0.29, 0.717) is 5.69 Å². The highest BCUT2D eigenvalue weighted by atomic mass is 32.2. The zero-order valence-electron chi connectivity index (χ0n) is 17.1. The van der Waals surface area contributed by atoms with Gasteiger partial charge in [-0.3, -0.25) is 9.10 Å². The van der Waals surface area contributed by atoms with E-state index in [2.05, 4.69) is 0 Å². The molecule has 1 atom stereocenters. The molecule has 1 heterocycles. The van der Waals surface area contributed by atoms with Crippen LogP contribution in [0.15, 0.2) is 71.6 Å². The fraction of sp³-hybridized carbons (Fsp3) is 0.208. The number of nitrogens with zero attached hydrogens (tertiary/aromatic N) is 1. The molecule has 3 aromatic carbocycles. The van der Waals surface area contributed by atoms with Crippen LogP contribution >= 0.6 is 0 Å². The molecule has 154 valence electrons. The number of fused-ring (bicyclic) bond motifs is 3. The lowest BCUT2D eigenvalue weighted by atomic mass is 9.85. The monoisotopic (exact) mass is 421 g/mol. The summed E-state index contributed by atoms with van der Waals surface area (Å²) in [6.07, 6.45) is -0.0756. The predicted molar refractivity (Wildman–Crippen MR) is 117 cm³/mol. The highest BCUT2D eigenvalue weighted by Crippen LogP contribution is 2.49. The van der Waals surface area contributed by atoms with Crippen LogP contribution in [0.3, 0.4) is 0 Å². The maximum atomic E-state index is 13.8. The highest BCUT2D eigenvalue weighted by molar-refractivity contribution is 7.92. The Labute approximate surface area is 177 Å². The number of hydrogen-bond donors (Lipinski definition) is 0. The lowest BCUT2D eigenvalue weighted by molar-refractivity contribution is -0.141. The number of sulfonamides is 1. The molecule has 4 rings (SSSR count). The standard InChI is InChI=1S/C24H23NO4S/c1-16-11-13-18(14-12-16)30(27,28)25-21-10-5-4-8-19(21)20-9-6-7-17(2)24(20)22(25)15-23(26)29-3/h4-14,22H,15H2,1-3H3. The van der Waals surface area contributed by atoms with Gasteiger partial charge in [0.2, 0.25) is 0 Å². The Morgan fingerprint density at radius 1 is 0.933 bits per heavy atom. The van der Waals surface area contributed by atoms with Crippen molar-refractivity contribution < 1.29 is 17.9 Å². The number of para-hydroxylation sites is 1. The molecule has 1 aliphatic rings. The van der Waals surface area contributed by atoms with Crippen molar-refractivity contribution >= 4 is 21.7 Å². The summed E-state index contributed by atoms with van der Waals surface area (Å²) in [4.78, 5) is 12.5. The number of aryl methyl sites for hydroxylation is 2. The van der Waals surface area contributed by atoms with E-state index in [1.807, 2.05) is 50.2 Å². The first kappa shape index (κ1) is 20.2. The van der Waals surface area contributed by atoms with E-state index in [4.69, 9.17) is 4.74 Å². The number of carbonyl (C=O) groups excluding carboxylic acids is 1. The minimum atomic E-state index is -3.93. The second-order valence-electron chi connectivity index (χ2n) is 7.46. The van der Waals surface area contributed by atoms with Gasteiger partial charge in [0.25, 0.3) is 10.0 Å². The van der Waals surface area contributed by atoms with Gasteiger partial charge in [0.05, 0.1) is 30.2 Å². The molecule has 0 radical (unpaired) electrons. The summed E-state index contributed by atoms with van der Waals surface area (Å²) in [6.45, 7) is 3.85. The third-order valence-corrected chi connectivity index (χ3v) is 7.37. The third-order valence-electron chi connectivity index (χ3n) is 5.54. The van der Waals surface area contributed by atoms with Crippen molar-refractivity contribution in [1.82, 2.24) is 0 Å². The molecule has 5 nitrogen and oxygen atoms in total. The van der Waals surface area contributed by atoms with E-state index in [-0.39, 0.29) is 11.3 Å². The zero-order valence-corrected chi connectivity index (χ0v) is 17.9. The molecule has 3 aromatic rings. The number of methoxy groups -OCH3 is 1. The Hall–Kier alpha value is -3.12. The molecule has 0 amide bonds. The quantitative estimate of drug-likeness (QED) is 0.569. The molecule has 0 saturated heterocycles. The number of benzene rings is 3. The molecule has 1 aliphatic heterocycles. The fourth-order valence-electron chi connectivity index (χ4n) is 4.08. The minimum absolute atomic E-state index is 0.0756. The first-order valence-corrected chi connectivity index (χ1v) is 11.2. The number of carbonyl (C=O) groups is 1. The molecule has 0 N–H and O–H groups in total. The van der Waals surface area contributed by atoms with Gasteiger partial charge in [-0.05, 0) is 48.7 Å². The molecule has 1 unspecified atom stereocenters. The fourth-order valence-corrected chi connectivity index (χ4v) is 5.72. The van der Waals surface area contributed by atoms with E-state index >= 15 is 0 Å². The Morgan fingerprint density at radius 2 is 1.60 bits per heavy atom. The van der Waals surface area contributed by atoms with Crippen LogP contribution in [-0.4, -0.2) is 21.5 Å². The number of ether oxygens (including phenoxy) is 1. The molecule has 0 bridgehead atoms. The van der Waals surface area contributed by atoms with Crippen molar-refractivity contribution in [3.8, 4) is 11.1 Å². The smallest absolute Gasteiger partial charge is 0.307 e. The lowest BCUT2D eigenvalue weighted by Crippen LogP contribution is -2.39. The third kappa shape index (κ3) is 3.27. The van der Waals surface area contributed by atoms with E-state index in [9.17, 15) is 13.2 Å². The molecule has 0 fully saturated rings. The summed E-state index contributed by atoms with van der Waals surface area (Å²) in [6, 6.07) is 19.3. The van der Waals surface area contributed by atoms with Gasteiger partial charge in [-0.15, -0.1) is 0 Å². The largest absolute Gasteiger partial charge is 0.469 e. The Balaban J connectivity index is 2.00. The van der Waals surface area contributed by atoms with Crippen LogP contribution < -0.4 is 4.31 Å². The van der Waals surface area contributed by atoms with Crippen LogP contribution in [0, 0.1) is 13.8 Å². The molecule has 6 heteroatoms. The average Bonchev–Trinajstić information content (AvgIpc) is 2.73. The Morgan fingerprint density at radius 3 is 2.30 bits per heavy atom. The van der Waals surface area contributed by atoms with Crippen LogP contribution in [0.2, 0.25) is 0 Å². The second-order valence-corrected chi connectivity index (χ2v) is 9.28. The van der Waals surface area contributed by atoms with Gasteiger partial charge < -0.3 is 4.74 Å². The molecule has 0 spiro atoms. The first-order chi connectivity index (χ1) is 14.3. The van der Waals surface area contributed by atoms with Gasteiger partial charge >= 0.3 is 5.97 Å². The van der Waals surface area contributed by atoms with Crippen molar-refractivity contribution in [1.29, 1.82) is 0 Å². The molecule has 30 heavy (non-hydrogen) atoms. The van der Waals surface area contributed by atoms with Crippen molar-refractivity contribution in [2.24, 2.45) is 0 Å². The highest BCUT2D eigenvalue weighted by Gasteiger charge is 2.40. The van der Waals surface area contributed by atoms with Gasteiger partial charge in [0.15, 0.2) is 0 Å². The van der Waals surface area contributed by atoms with Crippen molar-refractivity contribution in [2.75, 3.05) is 11.4 Å². The summed E-state index contributed by atoms with van der Waals surface area (Å²) in [5.74, 6) is -0.460. The van der Waals surface area contributed by atoms with Gasteiger partial charge in [0.1, 0.15) is 0 Å². The number of rotatable bonds is 4. The predicted octanol–water partition coefficient (Wildman–Crippen LogP) is 4.78. The molecule has 0 aromatic heterocycles. The summed E-state index contributed by atoms with van der Waals surface area (Å²) in [5.41, 5.74) is 5.06. The molecular weight excluding hydrogens is 398 g/mol. The van der Waals surface area contributed by atoms with Crippen LogP contribution in [0.5, 0.6) is 0 Å². The summed E-state index contributed by atoms with van der Waals surface area (Å²) in [5, 5.41) is 0. The Bertz CT molecular complexity index is 1220. The van der Waals surface area contributed by atoms with Crippen LogP contribution in [0.25, 0.3) is 11.1 Å². The summed E-state index contributed by atoms with van der Waals surface area (Å²) in [7, 11) is -2.61. The van der Waals surface area contributed by atoms with Crippen molar-refractivity contribution in [3.63, 3.8) is 0 Å². The SMILES string of the molecule is COC(=O)CC1c2c(C)cccc2-c2ccccc2N1S(=O)(=O)c1ccc(C)cc1. The lowest BCUT2D eigenvalue weighted by Gasteiger charge is -2.39. The number of anilines is 1. The normalized spacial score (nSPS) is 15.3. The van der Waals surface area contributed by atoms with Gasteiger partial charge in [-0.25, -0.2) is 8.42 Å². The van der Waals surface area contributed by atoms with E-state index < -0.39 is 22.0 Å². The van der Waals surface area contributed by atoms with Gasteiger partial charge in [-0.2, -0.15) is 0 Å². The van der Waals surface area contributed by atoms with Crippen molar-refractivity contribution in [2.45, 2.75) is 31.2 Å². The number of hydrogen-bond acceptors (Lipinski definition) is 4. The van der Waals surface area contributed by atoms with Crippen LogP contribution in [0.4, 0.5) is 5.69 Å². The maximum Gasteiger partial charge on any atom is 0.307 e. The van der Waals surface area contributed by atoms with Crippen LogP contribution in [-0.2, 0) is 19.6 Å². The van der Waals surface area contributed by atoms with Crippen LogP contribution in [0.1, 0.15) is 29.2 Å². The first-order valence-electron chi connectivity index (χ1n) is 9.71. The maximum absolute atomic E-state index is 13.8. The number of esters is 1. The van der Waals surface area contributed by atoms with E-state index in [1.165, 1.54) is 11.4 Å². The molecule has 0 aliphatic carbocycles. The van der Waals surface area contributed by atoms with E-state index in [0.717, 1.165) is 27.8 Å². The van der Waals surface area contributed by atoms with Crippen molar-refractivity contribution in [3.05, 3.63) is 83.4 Å². The molecule has 0 saturated carbocycles. The second kappa shape index (κ2) is 7.61. The zero-order chi connectivity index (χ0) is 21.5. The summed E-state index contributed by atoms with van der Waals surface area (Å²) >= 11 is 0. The minimum Gasteiger partial charge on any atom is -0.469 e. The van der Waals surface area contributed by atoms with Gasteiger partial charge in [0, 0.05) is 5.56 Å². The van der Waals surface area contributed by atoms with E-state index in [1.54, 1.807) is 30.3 Å². The summed E-state index contributed by atoms with van der Waals surface area (Å²) < 4.78 is 34.0. The van der Waals surface area contributed by atoms with Gasteiger partial charge in [-0.1, -0.05) is 54.1 Å². The molecular formula is C24H23NO4S. The average molecular weight is 422 g/mol. The Kier molecular flexibility index (Phi) is 5.12.